The van der Waals surface area contributed by atoms with E-state index in [1.165, 1.54) is 11.2 Å². The molecule has 152 valence electrons. The van der Waals surface area contributed by atoms with Gasteiger partial charge in [-0.2, -0.15) is 0 Å². The van der Waals surface area contributed by atoms with Crippen molar-refractivity contribution in [2.24, 2.45) is 0 Å². The first-order valence-electron chi connectivity index (χ1n) is 9.65. The van der Waals surface area contributed by atoms with Gasteiger partial charge < -0.3 is 14.3 Å². The molecule has 6 heteroatoms. The number of aliphatic hydroxyl groups is 1. The Morgan fingerprint density at radius 2 is 1.87 bits per heavy atom. The number of amides is 1. The lowest BCUT2D eigenvalue weighted by Gasteiger charge is -2.23. The minimum Gasteiger partial charge on any atom is -0.507 e. The van der Waals surface area contributed by atoms with Gasteiger partial charge in [-0.05, 0) is 67.9 Å². The number of furan rings is 1. The largest absolute Gasteiger partial charge is 0.507 e. The molecule has 0 spiro atoms. The van der Waals surface area contributed by atoms with Crippen molar-refractivity contribution in [2.45, 2.75) is 19.9 Å². The minimum absolute atomic E-state index is 0.0133. The lowest BCUT2D eigenvalue weighted by molar-refractivity contribution is -0.132. The number of aryl methyl sites for hydroxylation is 1. The normalized spacial score (nSPS) is 18.1. The molecule has 6 nitrogen and oxygen atoms in total. The second-order valence-corrected chi connectivity index (χ2v) is 6.98. The molecule has 2 heterocycles. The highest BCUT2D eigenvalue weighted by molar-refractivity contribution is 6.51. The quantitative estimate of drug-likeness (QED) is 0.382. The fourth-order valence-corrected chi connectivity index (χ4v) is 3.62. The number of ketones is 1. The standard InChI is InChI=1S/C24H21NO5/c1-3-29-18-11-9-16(10-12-18)22(26)20-21(19-8-5-13-30-19)25(24(28)23(20)27)17-7-4-6-15(2)14-17/h4-14,21,26H,3H2,1-2H3/b22-20-. The van der Waals surface area contributed by atoms with Crippen LogP contribution in [0.2, 0.25) is 0 Å². The average molecular weight is 403 g/mol. The molecule has 1 atom stereocenters. The molecule has 0 bridgehead atoms. The highest BCUT2D eigenvalue weighted by Gasteiger charge is 2.48. The van der Waals surface area contributed by atoms with E-state index in [2.05, 4.69) is 0 Å². The Bertz CT molecular complexity index is 1110. The summed E-state index contributed by atoms with van der Waals surface area (Å²) in [4.78, 5) is 27.3. The zero-order valence-corrected chi connectivity index (χ0v) is 16.7. The monoisotopic (exact) mass is 403 g/mol. The molecular formula is C24H21NO5. The van der Waals surface area contributed by atoms with Crippen molar-refractivity contribution in [1.82, 2.24) is 0 Å². The van der Waals surface area contributed by atoms with E-state index in [1.54, 1.807) is 42.5 Å². The summed E-state index contributed by atoms with van der Waals surface area (Å²) >= 11 is 0. The maximum atomic E-state index is 13.0. The third-order valence-corrected chi connectivity index (χ3v) is 4.98. The Morgan fingerprint density at radius 3 is 2.50 bits per heavy atom. The van der Waals surface area contributed by atoms with E-state index < -0.39 is 17.7 Å². The van der Waals surface area contributed by atoms with E-state index >= 15 is 0 Å². The molecule has 1 aromatic heterocycles. The Labute approximate surface area is 174 Å². The number of anilines is 1. The van der Waals surface area contributed by atoms with E-state index in [4.69, 9.17) is 9.15 Å². The molecule has 0 radical (unpaired) electrons. The van der Waals surface area contributed by atoms with Crippen LogP contribution < -0.4 is 9.64 Å². The fraction of sp³-hybridized carbons (Fsp3) is 0.167. The van der Waals surface area contributed by atoms with Crippen LogP contribution in [0.15, 0.2) is 76.9 Å². The second kappa shape index (κ2) is 7.91. The molecule has 1 fully saturated rings. The molecule has 0 saturated carbocycles. The van der Waals surface area contributed by atoms with Gasteiger partial charge in [0.15, 0.2) is 0 Å². The maximum Gasteiger partial charge on any atom is 0.300 e. The lowest BCUT2D eigenvalue weighted by atomic mass is 9.99. The molecular weight excluding hydrogens is 382 g/mol. The van der Waals surface area contributed by atoms with E-state index in [-0.39, 0.29) is 11.3 Å². The Balaban J connectivity index is 1.86. The van der Waals surface area contributed by atoms with Gasteiger partial charge in [0.1, 0.15) is 23.3 Å². The molecule has 1 amide bonds. The van der Waals surface area contributed by atoms with Crippen LogP contribution >= 0.6 is 0 Å². The summed E-state index contributed by atoms with van der Waals surface area (Å²) in [6.45, 7) is 4.30. The van der Waals surface area contributed by atoms with Crippen molar-refractivity contribution in [1.29, 1.82) is 0 Å². The summed E-state index contributed by atoms with van der Waals surface area (Å²) in [5, 5.41) is 11.0. The molecule has 0 aliphatic carbocycles. The van der Waals surface area contributed by atoms with Gasteiger partial charge in [0, 0.05) is 11.3 Å². The minimum atomic E-state index is -0.867. The van der Waals surface area contributed by atoms with Crippen LogP contribution in [0.4, 0.5) is 5.69 Å². The van der Waals surface area contributed by atoms with Crippen LogP contribution in [0, 0.1) is 6.92 Å². The zero-order valence-electron chi connectivity index (χ0n) is 16.7. The molecule has 1 aliphatic heterocycles. The third kappa shape index (κ3) is 3.37. The first-order chi connectivity index (χ1) is 14.5. The summed E-state index contributed by atoms with van der Waals surface area (Å²) in [7, 11) is 0. The van der Waals surface area contributed by atoms with Crippen LogP contribution in [-0.4, -0.2) is 23.4 Å². The topological polar surface area (TPSA) is 80.0 Å². The number of benzene rings is 2. The van der Waals surface area contributed by atoms with E-state index in [0.29, 0.717) is 29.4 Å². The number of nitrogens with zero attached hydrogens (tertiary/aromatic N) is 1. The summed E-state index contributed by atoms with van der Waals surface area (Å²) in [6, 6.07) is 16.5. The van der Waals surface area contributed by atoms with Gasteiger partial charge in [0.25, 0.3) is 11.7 Å². The molecule has 4 rings (SSSR count). The van der Waals surface area contributed by atoms with Gasteiger partial charge in [0.05, 0.1) is 18.4 Å². The first-order valence-corrected chi connectivity index (χ1v) is 9.65. The number of hydrogen-bond acceptors (Lipinski definition) is 5. The molecule has 2 aromatic carbocycles. The summed E-state index contributed by atoms with van der Waals surface area (Å²) < 4.78 is 11.0. The van der Waals surface area contributed by atoms with Crippen molar-refractivity contribution in [3.8, 4) is 5.75 Å². The maximum absolute atomic E-state index is 13.0. The Kier molecular flexibility index (Phi) is 5.14. The number of rotatable bonds is 5. The van der Waals surface area contributed by atoms with E-state index in [0.717, 1.165) is 5.56 Å². The van der Waals surface area contributed by atoms with Crippen LogP contribution in [-0.2, 0) is 9.59 Å². The highest BCUT2D eigenvalue weighted by Crippen LogP contribution is 2.42. The van der Waals surface area contributed by atoms with Gasteiger partial charge in [-0.1, -0.05) is 12.1 Å². The third-order valence-electron chi connectivity index (χ3n) is 4.98. The number of carbonyl (C=O) groups excluding carboxylic acids is 2. The van der Waals surface area contributed by atoms with Crippen molar-refractivity contribution in [3.63, 3.8) is 0 Å². The number of carbonyl (C=O) groups is 2. The average Bonchev–Trinajstić information content (AvgIpc) is 3.35. The number of ether oxygens (including phenoxy) is 1. The summed E-state index contributed by atoms with van der Waals surface area (Å²) in [5.41, 5.74) is 1.90. The van der Waals surface area contributed by atoms with Crippen LogP contribution in [0.25, 0.3) is 5.76 Å². The molecule has 1 aliphatic rings. The first kappa shape index (κ1) is 19.5. The van der Waals surface area contributed by atoms with Crippen molar-refractivity contribution < 1.29 is 23.8 Å². The van der Waals surface area contributed by atoms with Gasteiger partial charge in [-0.15, -0.1) is 0 Å². The Hall–Kier alpha value is -3.80. The molecule has 30 heavy (non-hydrogen) atoms. The van der Waals surface area contributed by atoms with E-state index in [9.17, 15) is 14.7 Å². The van der Waals surface area contributed by atoms with Crippen LogP contribution in [0.3, 0.4) is 0 Å². The summed E-state index contributed by atoms with van der Waals surface area (Å²) in [6.07, 6.45) is 1.47. The Morgan fingerprint density at radius 1 is 1.10 bits per heavy atom. The lowest BCUT2D eigenvalue weighted by Crippen LogP contribution is -2.29. The molecule has 1 saturated heterocycles. The number of aliphatic hydroxyl groups excluding tert-OH is 1. The van der Waals surface area contributed by atoms with Gasteiger partial charge >= 0.3 is 0 Å². The molecule has 1 unspecified atom stereocenters. The molecule has 1 N–H and O–H groups in total. The highest BCUT2D eigenvalue weighted by atomic mass is 16.5. The predicted molar refractivity (Wildman–Crippen MR) is 112 cm³/mol. The van der Waals surface area contributed by atoms with Crippen LogP contribution in [0.1, 0.15) is 29.9 Å². The predicted octanol–water partition coefficient (Wildman–Crippen LogP) is 4.61. The smallest absolute Gasteiger partial charge is 0.300 e. The van der Waals surface area contributed by atoms with Gasteiger partial charge in [0.2, 0.25) is 0 Å². The zero-order chi connectivity index (χ0) is 21.3. The van der Waals surface area contributed by atoms with E-state index in [1.807, 2.05) is 32.0 Å². The van der Waals surface area contributed by atoms with Crippen molar-refractivity contribution in [2.75, 3.05) is 11.5 Å². The van der Waals surface area contributed by atoms with Crippen molar-refractivity contribution in [3.05, 3.63) is 89.4 Å². The van der Waals surface area contributed by atoms with Gasteiger partial charge in [-0.3, -0.25) is 14.5 Å². The van der Waals surface area contributed by atoms with Crippen LogP contribution in [0.5, 0.6) is 5.75 Å². The van der Waals surface area contributed by atoms with Crippen molar-refractivity contribution >= 4 is 23.1 Å². The second-order valence-electron chi connectivity index (χ2n) is 6.98. The van der Waals surface area contributed by atoms with Gasteiger partial charge in [-0.25, -0.2) is 0 Å². The SMILES string of the molecule is CCOc1ccc(/C(O)=C2/C(=O)C(=O)N(c3cccc(C)c3)C2c2ccco2)cc1. The summed E-state index contributed by atoms with van der Waals surface area (Å²) in [5.74, 6) is -0.688. The number of Topliss-reactive ketones (excluding diaryl/α,β-unsaturated/α-hetero) is 1. The fourth-order valence-electron chi connectivity index (χ4n) is 3.62. The number of hydrogen-bond donors (Lipinski definition) is 1. The molecule has 3 aromatic rings.